The highest BCUT2D eigenvalue weighted by molar-refractivity contribution is 6.28. The number of aromatic nitrogens is 5. The van der Waals surface area contributed by atoms with Gasteiger partial charge in [-0.2, -0.15) is 15.0 Å². The molecule has 0 radical (unpaired) electrons. The lowest BCUT2D eigenvalue weighted by atomic mass is 9.79. The van der Waals surface area contributed by atoms with E-state index in [1.807, 2.05) is 0 Å². The first-order chi connectivity index (χ1) is 10.1. The van der Waals surface area contributed by atoms with Crippen molar-refractivity contribution in [3.05, 3.63) is 24.0 Å². The van der Waals surface area contributed by atoms with Gasteiger partial charge in [0.2, 0.25) is 17.2 Å². The number of rotatable bonds is 3. The number of nitrogens with zero attached hydrogens (tertiary/aromatic N) is 5. The Morgan fingerprint density at radius 2 is 2.05 bits per heavy atom. The van der Waals surface area contributed by atoms with Crippen LogP contribution < -0.4 is 5.32 Å². The largest absolute Gasteiger partial charge is 0.351 e. The summed E-state index contributed by atoms with van der Waals surface area (Å²) in [4.78, 5) is 16.7. The Balaban J connectivity index is 1.77. The number of nitrogens with one attached hydrogen (secondary N) is 1. The Bertz CT molecular complexity index is 600. The molecule has 0 spiro atoms. The highest BCUT2D eigenvalue weighted by Crippen LogP contribution is 2.30. The summed E-state index contributed by atoms with van der Waals surface area (Å²) in [5.41, 5.74) is 0. The van der Waals surface area contributed by atoms with Crippen LogP contribution in [0.1, 0.15) is 33.1 Å². The van der Waals surface area contributed by atoms with Crippen molar-refractivity contribution < 1.29 is 0 Å². The minimum Gasteiger partial charge on any atom is -0.351 e. The average Bonchev–Trinajstić information content (AvgIpc) is 2.96. The van der Waals surface area contributed by atoms with E-state index in [9.17, 15) is 0 Å². The molecule has 1 fully saturated rings. The molecule has 2 aromatic rings. The van der Waals surface area contributed by atoms with Gasteiger partial charge in [-0.05, 0) is 42.7 Å². The van der Waals surface area contributed by atoms with Crippen LogP contribution in [-0.4, -0.2) is 30.5 Å². The van der Waals surface area contributed by atoms with E-state index in [1.165, 1.54) is 6.42 Å². The first kappa shape index (κ1) is 14.3. The van der Waals surface area contributed by atoms with Gasteiger partial charge in [-0.1, -0.05) is 13.8 Å². The molecule has 0 saturated heterocycles. The summed E-state index contributed by atoms with van der Waals surface area (Å²) in [6, 6.07) is 0.394. The Kier molecular flexibility index (Phi) is 4.05. The van der Waals surface area contributed by atoms with E-state index in [4.69, 9.17) is 11.6 Å². The van der Waals surface area contributed by atoms with Gasteiger partial charge < -0.3 is 5.32 Å². The maximum atomic E-state index is 6.00. The second-order valence-corrected chi connectivity index (χ2v) is 6.14. The summed E-state index contributed by atoms with van der Waals surface area (Å²) in [6.07, 6.45) is 8.58. The molecular formula is C14H19ClN6. The number of imidazole rings is 1. The molecule has 2 heterocycles. The van der Waals surface area contributed by atoms with E-state index in [-0.39, 0.29) is 5.28 Å². The standard InChI is InChI=1S/C14H19ClN6/c1-9-3-4-11(7-10(9)2)17-13-18-12(15)19-14(20-13)21-6-5-16-8-21/h5-6,8-11H,3-4,7H2,1-2H3,(H,17,18,19,20). The second kappa shape index (κ2) is 5.97. The predicted octanol–water partition coefficient (Wildman–Crippen LogP) is 2.95. The smallest absolute Gasteiger partial charge is 0.241 e. The molecule has 0 aliphatic heterocycles. The fourth-order valence-corrected chi connectivity index (χ4v) is 2.91. The summed E-state index contributed by atoms with van der Waals surface area (Å²) < 4.78 is 1.71. The van der Waals surface area contributed by atoms with Crippen LogP contribution in [0.3, 0.4) is 0 Å². The number of hydrogen-bond donors (Lipinski definition) is 1. The molecular weight excluding hydrogens is 288 g/mol. The molecule has 0 aromatic carbocycles. The highest BCUT2D eigenvalue weighted by Gasteiger charge is 2.25. The SMILES string of the molecule is CC1CCC(Nc2nc(Cl)nc(-n3ccnc3)n2)CC1C. The van der Waals surface area contributed by atoms with E-state index in [2.05, 4.69) is 39.1 Å². The first-order valence-corrected chi connectivity index (χ1v) is 7.66. The van der Waals surface area contributed by atoms with Gasteiger partial charge in [0, 0.05) is 18.4 Å². The zero-order valence-corrected chi connectivity index (χ0v) is 13.0. The third-order valence-electron chi connectivity index (χ3n) is 4.26. The summed E-state index contributed by atoms with van der Waals surface area (Å²) in [7, 11) is 0. The molecule has 3 unspecified atom stereocenters. The van der Waals surface area contributed by atoms with Crippen molar-refractivity contribution in [2.24, 2.45) is 11.8 Å². The third kappa shape index (κ3) is 3.32. The van der Waals surface area contributed by atoms with Gasteiger partial charge in [0.25, 0.3) is 0 Å². The van der Waals surface area contributed by atoms with Crippen molar-refractivity contribution in [3.63, 3.8) is 0 Å². The Morgan fingerprint density at radius 1 is 1.19 bits per heavy atom. The minimum atomic E-state index is 0.188. The van der Waals surface area contributed by atoms with E-state index in [0.717, 1.165) is 18.8 Å². The molecule has 21 heavy (non-hydrogen) atoms. The maximum absolute atomic E-state index is 6.00. The van der Waals surface area contributed by atoms with Crippen molar-refractivity contribution in [1.29, 1.82) is 0 Å². The molecule has 2 aromatic heterocycles. The predicted molar refractivity (Wildman–Crippen MR) is 81.5 cm³/mol. The number of halogens is 1. The molecule has 1 saturated carbocycles. The van der Waals surface area contributed by atoms with Crippen LogP contribution in [-0.2, 0) is 0 Å². The molecule has 1 N–H and O–H groups in total. The normalized spacial score (nSPS) is 25.8. The molecule has 3 atom stereocenters. The topological polar surface area (TPSA) is 68.5 Å². The molecule has 7 heteroatoms. The van der Waals surface area contributed by atoms with Gasteiger partial charge in [0.05, 0.1) is 0 Å². The van der Waals surface area contributed by atoms with Crippen molar-refractivity contribution in [3.8, 4) is 5.95 Å². The zero-order valence-electron chi connectivity index (χ0n) is 12.2. The third-order valence-corrected chi connectivity index (χ3v) is 4.43. The lowest BCUT2D eigenvalue weighted by molar-refractivity contribution is 0.260. The summed E-state index contributed by atoms with van der Waals surface area (Å²) in [5, 5.41) is 3.58. The molecule has 1 aliphatic rings. The van der Waals surface area contributed by atoms with Crippen LogP contribution in [0, 0.1) is 11.8 Å². The summed E-state index contributed by atoms with van der Waals surface area (Å²) in [6.45, 7) is 4.62. The van der Waals surface area contributed by atoms with Crippen LogP contribution in [0.4, 0.5) is 5.95 Å². The zero-order chi connectivity index (χ0) is 14.8. The van der Waals surface area contributed by atoms with Gasteiger partial charge in [-0.3, -0.25) is 4.57 Å². The lowest BCUT2D eigenvalue weighted by Gasteiger charge is -2.32. The molecule has 0 amide bonds. The Labute approximate surface area is 129 Å². The van der Waals surface area contributed by atoms with Gasteiger partial charge in [0.1, 0.15) is 6.33 Å². The van der Waals surface area contributed by atoms with Gasteiger partial charge in [0.15, 0.2) is 0 Å². The molecule has 6 nitrogen and oxygen atoms in total. The van der Waals surface area contributed by atoms with Gasteiger partial charge in [-0.25, -0.2) is 4.98 Å². The Hall–Kier alpha value is -1.69. The van der Waals surface area contributed by atoms with E-state index in [0.29, 0.717) is 23.9 Å². The van der Waals surface area contributed by atoms with E-state index in [1.54, 1.807) is 23.3 Å². The fourth-order valence-electron chi connectivity index (χ4n) is 2.76. The minimum absolute atomic E-state index is 0.188. The van der Waals surface area contributed by atoms with Gasteiger partial charge >= 0.3 is 0 Å². The second-order valence-electron chi connectivity index (χ2n) is 5.81. The van der Waals surface area contributed by atoms with Crippen molar-refractivity contribution in [2.75, 3.05) is 5.32 Å². The van der Waals surface area contributed by atoms with Gasteiger partial charge in [-0.15, -0.1) is 0 Å². The molecule has 1 aliphatic carbocycles. The van der Waals surface area contributed by atoms with Crippen LogP contribution in [0.25, 0.3) is 5.95 Å². The molecule has 112 valence electrons. The van der Waals surface area contributed by atoms with Crippen LogP contribution in [0.15, 0.2) is 18.7 Å². The quantitative estimate of drug-likeness (QED) is 0.944. The lowest BCUT2D eigenvalue weighted by Crippen LogP contribution is -2.31. The van der Waals surface area contributed by atoms with Crippen molar-refractivity contribution in [1.82, 2.24) is 24.5 Å². The van der Waals surface area contributed by atoms with Crippen molar-refractivity contribution >= 4 is 17.5 Å². The Morgan fingerprint density at radius 3 is 2.76 bits per heavy atom. The van der Waals surface area contributed by atoms with Crippen LogP contribution >= 0.6 is 11.6 Å². The first-order valence-electron chi connectivity index (χ1n) is 7.28. The fraction of sp³-hybridized carbons (Fsp3) is 0.571. The van der Waals surface area contributed by atoms with Crippen LogP contribution in [0.5, 0.6) is 0 Å². The highest BCUT2D eigenvalue weighted by atomic mass is 35.5. The van der Waals surface area contributed by atoms with E-state index >= 15 is 0 Å². The van der Waals surface area contributed by atoms with E-state index < -0.39 is 0 Å². The number of anilines is 1. The number of hydrogen-bond acceptors (Lipinski definition) is 5. The van der Waals surface area contributed by atoms with Crippen LogP contribution in [0.2, 0.25) is 5.28 Å². The summed E-state index contributed by atoms with van der Waals surface area (Å²) in [5.74, 6) is 2.51. The molecule has 0 bridgehead atoms. The molecule has 3 rings (SSSR count). The summed E-state index contributed by atoms with van der Waals surface area (Å²) >= 11 is 6.00. The monoisotopic (exact) mass is 306 g/mol. The average molecular weight is 307 g/mol. The maximum Gasteiger partial charge on any atom is 0.241 e. The van der Waals surface area contributed by atoms with Crippen molar-refractivity contribution in [2.45, 2.75) is 39.2 Å².